The average molecular weight is 287 g/mol. The first-order valence-corrected chi connectivity index (χ1v) is 5.49. The number of aliphatic carboxylic acids is 1. The van der Waals surface area contributed by atoms with E-state index in [4.69, 9.17) is 5.11 Å². The van der Waals surface area contributed by atoms with Crippen molar-refractivity contribution in [1.29, 1.82) is 0 Å². The molecule has 1 heterocycles. The van der Waals surface area contributed by atoms with Gasteiger partial charge in [0.15, 0.2) is 0 Å². The van der Waals surface area contributed by atoms with E-state index in [1.54, 1.807) is 19.1 Å². The van der Waals surface area contributed by atoms with E-state index in [1.807, 2.05) is 0 Å². The highest BCUT2D eigenvalue weighted by molar-refractivity contribution is 9.10. The van der Waals surface area contributed by atoms with Crippen LogP contribution in [0.4, 0.5) is 0 Å². The second-order valence-corrected chi connectivity index (χ2v) is 3.87. The van der Waals surface area contributed by atoms with Gasteiger partial charge in [0, 0.05) is 6.20 Å². The first-order chi connectivity index (χ1) is 7.56. The van der Waals surface area contributed by atoms with E-state index in [-0.39, 0.29) is 0 Å². The predicted octanol–water partition coefficient (Wildman–Crippen LogP) is 1.44. The van der Waals surface area contributed by atoms with Crippen LogP contribution in [0.25, 0.3) is 0 Å². The Labute approximate surface area is 101 Å². The van der Waals surface area contributed by atoms with E-state index in [2.05, 4.69) is 26.2 Å². The summed E-state index contributed by atoms with van der Waals surface area (Å²) in [6, 6.07) is 2.31. The number of hydrogen-bond donors (Lipinski definition) is 2. The zero-order valence-corrected chi connectivity index (χ0v) is 10.2. The van der Waals surface area contributed by atoms with Crippen molar-refractivity contribution in [2.45, 2.75) is 19.4 Å². The Balaban J connectivity index is 2.80. The lowest BCUT2D eigenvalue weighted by Crippen LogP contribution is -2.40. The Morgan fingerprint density at radius 1 is 1.62 bits per heavy atom. The Morgan fingerprint density at radius 2 is 2.31 bits per heavy atom. The monoisotopic (exact) mass is 286 g/mol. The first-order valence-electron chi connectivity index (χ1n) is 4.70. The molecule has 0 fully saturated rings. The van der Waals surface area contributed by atoms with Crippen molar-refractivity contribution in [2.75, 3.05) is 0 Å². The van der Waals surface area contributed by atoms with Crippen LogP contribution >= 0.6 is 15.9 Å². The topological polar surface area (TPSA) is 79.3 Å². The summed E-state index contributed by atoms with van der Waals surface area (Å²) in [6.07, 6.45) is 1.87. The van der Waals surface area contributed by atoms with Gasteiger partial charge >= 0.3 is 5.97 Å². The van der Waals surface area contributed by atoms with Crippen LogP contribution in [-0.2, 0) is 4.79 Å². The summed E-state index contributed by atoms with van der Waals surface area (Å²) in [5, 5.41) is 11.2. The Hall–Kier alpha value is -1.43. The van der Waals surface area contributed by atoms with Gasteiger partial charge in [0.25, 0.3) is 5.91 Å². The smallest absolute Gasteiger partial charge is 0.326 e. The van der Waals surface area contributed by atoms with Gasteiger partial charge in [-0.1, -0.05) is 6.92 Å². The summed E-state index contributed by atoms with van der Waals surface area (Å²) in [4.78, 5) is 26.3. The summed E-state index contributed by atoms with van der Waals surface area (Å²) in [5.41, 5.74) is 0.321. The zero-order valence-electron chi connectivity index (χ0n) is 8.61. The summed E-state index contributed by atoms with van der Waals surface area (Å²) < 4.78 is 0.396. The molecule has 0 aliphatic carbocycles. The molecular weight excluding hydrogens is 276 g/mol. The van der Waals surface area contributed by atoms with E-state index in [9.17, 15) is 9.59 Å². The van der Waals surface area contributed by atoms with Crippen molar-refractivity contribution in [3.63, 3.8) is 0 Å². The molecule has 1 amide bonds. The van der Waals surface area contributed by atoms with E-state index < -0.39 is 17.9 Å². The van der Waals surface area contributed by atoms with Crippen molar-refractivity contribution in [1.82, 2.24) is 10.3 Å². The highest BCUT2D eigenvalue weighted by Gasteiger charge is 2.19. The van der Waals surface area contributed by atoms with Gasteiger partial charge < -0.3 is 10.4 Å². The molecule has 6 heteroatoms. The molecule has 16 heavy (non-hydrogen) atoms. The average Bonchev–Trinajstić information content (AvgIpc) is 2.25. The highest BCUT2D eigenvalue weighted by atomic mass is 79.9. The molecule has 86 valence electrons. The van der Waals surface area contributed by atoms with Gasteiger partial charge in [-0.15, -0.1) is 0 Å². The number of pyridine rings is 1. The second kappa shape index (κ2) is 5.60. The first kappa shape index (κ1) is 12.6. The number of carbonyl (C=O) groups is 2. The number of rotatable bonds is 4. The standard InChI is InChI=1S/C10H11BrN2O3/c1-2-7(10(15)16)13-9(14)6-4-3-5-12-8(6)11/h3-5,7H,2H2,1H3,(H,13,14)(H,15,16). The van der Waals surface area contributed by atoms with Gasteiger partial charge in [0.2, 0.25) is 0 Å². The van der Waals surface area contributed by atoms with Crippen LogP contribution in [0.5, 0.6) is 0 Å². The maximum atomic E-state index is 11.7. The number of nitrogens with zero attached hydrogens (tertiary/aromatic N) is 1. The zero-order chi connectivity index (χ0) is 12.1. The van der Waals surface area contributed by atoms with Crippen molar-refractivity contribution in [3.05, 3.63) is 28.5 Å². The molecule has 2 N–H and O–H groups in total. The van der Waals surface area contributed by atoms with E-state index in [0.717, 1.165) is 0 Å². The third kappa shape index (κ3) is 3.03. The van der Waals surface area contributed by atoms with Crippen LogP contribution in [0.2, 0.25) is 0 Å². The summed E-state index contributed by atoms with van der Waals surface area (Å²) in [6.45, 7) is 1.69. The minimum absolute atomic E-state index is 0.321. The Kier molecular flexibility index (Phi) is 4.42. The van der Waals surface area contributed by atoms with Crippen molar-refractivity contribution in [2.24, 2.45) is 0 Å². The number of halogens is 1. The minimum Gasteiger partial charge on any atom is -0.480 e. The summed E-state index contributed by atoms with van der Waals surface area (Å²) in [7, 11) is 0. The van der Waals surface area contributed by atoms with Crippen molar-refractivity contribution >= 4 is 27.8 Å². The van der Waals surface area contributed by atoms with Crippen molar-refractivity contribution in [3.8, 4) is 0 Å². The van der Waals surface area contributed by atoms with Gasteiger partial charge in [0.05, 0.1) is 5.56 Å². The number of carbonyl (C=O) groups excluding carboxylic acids is 1. The van der Waals surface area contributed by atoms with Gasteiger partial charge in [-0.2, -0.15) is 0 Å². The SMILES string of the molecule is CCC(NC(=O)c1cccnc1Br)C(=O)O. The van der Waals surface area contributed by atoms with Crippen LogP contribution in [0.1, 0.15) is 23.7 Å². The lowest BCUT2D eigenvalue weighted by atomic mass is 10.2. The quantitative estimate of drug-likeness (QED) is 0.821. The van der Waals surface area contributed by atoms with Gasteiger partial charge in [-0.25, -0.2) is 9.78 Å². The molecule has 0 saturated carbocycles. The number of hydrogen-bond acceptors (Lipinski definition) is 3. The molecule has 0 aliphatic heterocycles. The third-order valence-electron chi connectivity index (χ3n) is 2.02. The molecule has 0 saturated heterocycles. The lowest BCUT2D eigenvalue weighted by Gasteiger charge is -2.12. The van der Waals surface area contributed by atoms with Gasteiger partial charge in [0.1, 0.15) is 10.6 Å². The number of aromatic nitrogens is 1. The van der Waals surface area contributed by atoms with Crippen LogP contribution in [0, 0.1) is 0 Å². The summed E-state index contributed by atoms with van der Waals surface area (Å²) in [5.74, 6) is -1.50. The number of carboxylic acids is 1. The third-order valence-corrected chi connectivity index (χ3v) is 2.65. The summed E-state index contributed by atoms with van der Waals surface area (Å²) >= 11 is 3.13. The molecule has 0 aliphatic rings. The molecule has 0 spiro atoms. The Morgan fingerprint density at radius 3 is 2.81 bits per heavy atom. The van der Waals surface area contributed by atoms with E-state index >= 15 is 0 Å². The maximum absolute atomic E-state index is 11.7. The lowest BCUT2D eigenvalue weighted by molar-refractivity contribution is -0.139. The maximum Gasteiger partial charge on any atom is 0.326 e. The fourth-order valence-corrected chi connectivity index (χ4v) is 1.56. The number of amides is 1. The predicted molar refractivity (Wildman–Crippen MR) is 61.1 cm³/mol. The van der Waals surface area contributed by atoms with E-state index in [1.165, 1.54) is 6.20 Å². The molecule has 1 aromatic rings. The van der Waals surface area contributed by atoms with Crippen LogP contribution < -0.4 is 5.32 Å². The van der Waals surface area contributed by atoms with Crippen LogP contribution in [-0.4, -0.2) is 28.0 Å². The van der Waals surface area contributed by atoms with Gasteiger partial charge in [-0.3, -0.25) is 4.79 Å². The molecule has 1 atom stereocenters. The number of nitrogens with one attached hydrogen (secondary N) is 1. The number of carboxylic acid groups (broad SMARTS) is 1. The molecule has 1 unspecified atom stereocenters. The molecule has 1 rings (SSSR count). The Bertz CT molecular complexity index is 409. The fraction of sp³-hybridized carbons (Fsp3) is 0.300. The van der Waals surface area contributed by atoms with Crippen LogP contribution in [0.15, 0.2) is 22.9 Å². The normalized spacial score (nSPS) is 11.9. The molecular formula is C10H11BrN2O3. The molecule has 0 aromatic carbocycles. The second-order valence-electron chi connectivity index (χ2n) is 3.11. The molecule has 0 bridgehead atoms. The van der Waals surface area contributed by atoms with Crippen molar-refractivity contribution < 1.29 is 14.7 Å². The minimum atomic E-state index is -1.05. The van der Waals surface area contributed by atoms with E-state index in [0.29, 0.717) is 16.6 Å². The highest BCUT2D eigenvalue weighted by Crippen LogP contribution is 2.12. The molecule has 5 nitrogen and oxygen atoms in total. The fourth-order valence-electron chi connectivity index (χ4n) is 1.13. The van der Waals surface area contributed by atoms with Crippen LogP contribution in [0.3, 0.4) is 0 Å². The molecule has 0 radical (unpaired) electrons. The molecule has 1 aromatic heterocycles. The largest absolute Gasteiger partial charge is 0.480 e. The van der Waals surface area contributed by atoms with Gasteiger partial charge in [-0.05, 0) is 34.5 Å².